The van der Waals surface area contributed by atoms with E-state index in [4.69, 9.17) is 11.6 Å². The van der Waals surface area contributed by atoms with Gasteiger partial charge in [-0.25, -0.2) is 0 Å². The molecule has 0 spiro atoms. The summed E-state index contributed by atoms with van der Waals surface area (Å²) in [5, 5.41) is 20.0. The monoisotopic (exact) mass is 302 g/mol. The van der Waals surface area contributed by atoms with E-state index in [-0.39, 0.29) is 0 Å². The lowest BCUT2D eigenvalue weighted by Crippen LogP contribution is -1.90. The number of phenols is 1. The van der Waals surface area contributed by atoms with Gasteiger partial charge in [-0.3, -0.25) is 0 Å². The van der Waals surface area contributed by atoms with Gasteiger partial charge in [0.05, 0.1) is 5.69 Å². The lowest BCUT2D eigenvalue weighted by atomic mass is 10.1. The van der Waals surface area contributed by atoms with Gasteiger partial charge in [0, 0.05) is 16.0 Å². The quantitative estimate of drug-likeness (QED) is 0.733. The second-order valence-corrected chi connectivity index (χ2v) is 5.67. The number of hydrogen-bond acceptors (Lipinski definition) is 4. The van der Waals surface area contributed by atoms with Crippen LogP contribution in [0.1, 0.15) is 5.69 Å². The third kappa shape index (κ3) is 2.71. The molecule has 0 fully saturated rings. The minimum Gasteiger partial charge on any atom is -0.507 e. The van der Waals surface area contributed by atoms with Crippen LogP contribution < -0.4 is 0 Å². The Morgan fingerprint density at radius 1 is 0.950 bits per heavy atom. The summed E-state index contributed by atoms with van der Waals surface area (Å²) >= 11 is 7.38. The van der Waals surface area contributed by atoms with Gasteiger partial charge in [-0.2, -0.15) is 5.10 Å². The maximum absolute atomic E-state index is 9.87. The van der Waals surface area contributed by atoms with E-state index in [0.29, 0.717) is 16.7 Å². The topological polar surface area (TPSA) is 46.0 Å². The van der Waals surface area contributed by atoms with E-state index < -0.39 is 0 Å². The van der Waals surface area contributed by atoms with Gasteiger partial charge >= 0.3 is 0 Å². The first-order valence-electron chi connectivity index (χ1n) is 6.05. The van der Waals surface area contributed by atoms with Crippen LogP contribution in [0.15, 0.2) is 53.4 Å². The predicted molar refractivity (Wildman–Crippen MR) is 82.2 cm³/mol. The number of halogens is 1. The van der Waals surface area contributed by atoms with Crippen molar-refractivity contribution < 1.29 is 5.11 Å². The lowest BCUT2D eigenvalue weighted by Gasteiger charge is -2.07. The van der Waals surface area contributed by atoms with E-state index in [9.17, 15) is 5.11 Å². The Labute approximate surface area is 125 Å². The molecule has 1 aromatic heterocycles. The Hall–Kier alpha value is -1.78. The predicted octanol–water partition coefficient (Wildman–Crippen LogP) is 4.28. The molecule has 1 N–H and O–H groups in total. The summed E-state index contributed by atoms with van der Waals surface area (Å²) in [5.41, 5.74) is 0.872. The highest BCUT2D eigenvalue weighted by atomic mass is 35.5. The highest BCUT2D eigenvalue weighted by molar-refractivity contribution is 7.98. The summed E-state index contributed by atoms with van der Waals surface area (Å²) in [7, 11) is 0. The number of nitrogens with zero attached hydrogens (tertiary/aromatic N) is 2. The van der Waals surface area contributed by atoms with Crippen molar-refractivity contribution in [3.63, 3.8) is 0 Å². The molecule has 0 amide bonds. The van der Waals surface area contributed by atoms with Crippen LogP contribution in [0.3, 0.4) is 0 Å². The normalized spacial score (nSPS) is 10.8. The summed E-state index contributed by atoms with van der Waals surface area (Å²) in [4.78, 5) is 1.11. The molecule has 3 aromatic rings. The molecule has 5 heteroatoms. The van der Waals surface area contributed by atoms with Crippen LogP contribution >= 0.6 is 23.4 Å². The molecule has 0 aliphatic carbocycles. The molecule has 0 unspecified atom stereocenters. The lowest BCUT2D eigenvalue weighted by molar-refractivity contribution is 0.481. The standard InChI is InChI=1S/C15H11ClN2OS/c16-15-8-5-10(17-18-15)9-20-14-7-6-13(19)11-3-1-2-4-12(11)14/h1-8,19H,9H2. The van der Waals surface area contributed by atoms with E-state index in [1.165, 1.54) is 0 Å². The Bertz CT molecular complexity index is 746. The third-order valence-corrected chi connectivity index (χ3v) is 4.23. The minimum absolute atomic E-state index is 0.302. The number of aromatic nitrogens is 2. The molecule has 20 heavy (non-hydrogen) atoms. The first-order valence-corrected chi connectivity index (χ1v) is 7.42. The fourth-order valence-corrected chi connectivity index (χ4v) is 3.01. The molecule has 0 aliphatic rings. The van der Waals surface area contributed by atoms with Gasteiger partial charge < -0.3 is 5.11 Å². The van der Waals surface area contributed by atoms with E-state index >= 15 is 0 Å². The zero-order valence-corrected chi connectivity index (χ0v) is 12.0. The van der Waals surface area contributed by atoms with Crippen LogP contribution in [0.4, 0.5) is 0 Å². The molecular weight excluding hydrogens is 292 g/mol. The molecule has 3 rings (SSSR count). The van der Waals surface area contributed by atoms with Gasteiger partial charge in [-0.05, 0) is 29.7 Å². The third-order valence-electron chi connectivity index (χ3n) is 2.92. The first kappa shape index (κ1) is 13.2. The van der Waals surface area contributed by atoms with Crippen molar-refractivity contribution >= 4 is 34.1 Å². The second kappa shape index (κ2) is 5.69. The maximum atomic E-state index is 9.87. The molecule has 1 heterocycles. The summed E-state index contributed by atoms with van der Waals surface area (Å²) in [6.45, 7) is 0. The molecule has 0 atom stereocenters. The first-order chi connectivity index (χ1) is 9.74. The van der Waals surface area contributed by atoms with Crippen molar-refractivity contribution in [2.24, 2.45) is 0 Å². The van der Waals surface area contributed by atoms with Crippen LogP contribution in [-0.2, 0) is 5.75 Å². The molecule has 0 bridgehead atoms. The molecule has 0 saturated heterocycles. The van der Waals surface area contributed by atoms with E-state index in [2.05, 4.69) is 10.2 Å². The Morgan fingerprint density at radius 3 is 2.50 bits per heavy atom. The van der Waals surface area contributed by atoms with Crippen molar-refractivity contribution in [1.29, 1.82) is 0 Å². The number of benzene rings is 2. The molecule has 2 aromatic carbocycles. The molecular formula is C15H11ClN2OS. The van der Waals surface area contributed by atoms with Crippen molar-refractivity contribution in [1.82, 2.24) is 10.2 Å². The molecule has 0 saturated carbocycles. The number of aromatic hydroxyl groups is 1. The van der Waals surface area contributed by atoms with Crippen LogP contribution in [0.2, 0.25) is 5.15 Å². The van der Waals surface area contributed by atoms with Gasteiger partial charge in [0.1, 0.15) is 5.75 Å². The van der Waals surface area contributed by atoms with Crippen LogP contribution in [-0.4, -0.2) is 15.3 Å². The van der Waals surface area contributed by atoms with Crippen LogP contribution in [0, 0.1) is 0 Å². The van der Waals surface area contributed by atoms with Crippen molar-refractivity contribution in [2.45, 2.75) is 10.6 Å². The SMILES string of the molecule is Oc1ccc(SCc2ccc(Cl)nn2)c2ccccc12. The van der Waals surface area contributed by atoms with Gasteiger partial charge in [0.15, 0.2) is 5.15 Å². The zero-order chi connectivity index (χ0) is 13.9. The number of rotatable bonds is 3. The van der Waals surface area contributed by atoms with Crippen LogP contribution in [0.5, 0.6) is 5.75 Å². The van der Waals surface area contributed by atoms with Gasteiger partial charge in [0.25, 0.3) is 0 Å². The largest absolute Gasteiger partial charge is 0.507 e. The Kier molecular flexibility index (Phi) is 3.76. The van der Waals surface area contributed by atoms with Gasteiger partial charge in [-0.1, -0.05) is 35.9 Å². The number of phenolic OH excluding ortho intramolecular Hbond substituents is 1. The second-order valence-electron chi connectivity index (χ2n) is 4.26. The van der Waals surface area contributed by atoms with E-state index in [1.807, 2.05) is 36.4 Å². The van der Waals surface area contributed by atoms with Crippen molar-refractivity contribution in [3.8, 4) is 5.75 Å². The smallest absolute Gasteiger partial charge is 0.151 e. The highest BCUT2D eigenvalue weighted by Crippen LogP contribution is 2.34. The maximum Gasteiger partial charge on any atom is 0.151 e. The molecule has 100 valence electrons. The fraction of sp³-hybridized carbons (Fsp3) is 0.0667. The summed E-state index contributed by atoms with van der Waals surface area (Å²) < 4.78 is 0. The minimum atomic E-state index is 0.302. The van der Waals surface area contributed by atoms with Gasteiger partial charge in [-0.15, -0.1) is 16.9 Å². The Morgan fingerprint density at radius 2 is 1.75 bits per heavy atom. The average Bonchev–Trinajstić information content (AvgIpc) is 2.49. The Balaban J connectivity index is 1.88. The molecule has 3 nitrogen and oxygen atoms in total. The van der Waals surface area contributed by atoms with E-state index in [0.717, 1.165) is 21.4 Å². The summed E-state index contributed by atoms with van der Waals surface area (Å²) in [6, 6.07) is 15.0. The highest BCUT2D eigenvalue weighted by Gasteiger charge is 2.06. The van der Waals surface area contributed by atoms with Crippen molar-refractivity contribution in [2.75, 3.05) is 0 Å². The molecule has 0 radical (unpaired) electrons. The fourth-order valence-electron chi connectivity index (χ4n) is 1.95. The van der Waals surface area contributed by atoms with E-state index in [1.54, 1.807) is 23.9 Å². The zero-order valence-electron chi connectivity index (χ0n) is 10.5. The number of fused-ring (bicyclic) bond motifs is 1. The average molecular weight is 303 g/mol. The summed E-state index contributed by atoms with van der Waals surface area (Å²) in [6.07, 6.45) is 0. The van der Waals surface area contributed by atoms with Gasteiger partial charge in [0.2, 0.25) is 0 Å². The number of hydrogen-bond donors (Lipinski definition) is 1. The summed E-state index contributed by atoms with van der Waals surface area (Å²) in [5.74, 6) is 1.01. The van der Waals surface area contributed by atoms with Crippen LogP contribution in [0.25, 0.3) is 10.8 Å². The number of thioether (sulfide) groups is 1. The van der Waals surface area contributed by atoms with Crippen molar-refractivity contribution in [3.05, 3.63) is 59.4 Å². The molecule has 0 aliphatic heterocycles.